The number of nitrogens with one attached hydrogen (secondary N) is 2. The van der Waals surface area contributed by atoms with E-state index in [1.165, 1.54) is 4.91 Å². The standard InChI is InChI=1S/C8H16N2OS/c1-9-2-4-11-7-8-6-10-3-5-12-8/h6,9-10H,2-5,7H2,1H3. The number of thioether (sulfide) groups is 1. The Morgan fingerprint density at radius 1 is 1.75 bits per heavy atom. The molecule has 0 aromatic heterocycles. The van der Waals surface area contributed by atoms with Crippen molar-refractivity contribution in [3.05, 3.63) is 11.1 Å². The van der Waals surface area contributed by atoms with Crippen molar-refractivity contribution in [2.45, 2.75) is 0 Å². The summed E-state index contributed by atoms with van der Waals surface area (Å²) in [6.45, 7) is 3.53. The normalized spacial score (nSPS) is 16.9. The Labute approximate surface area is 77.9 Å². The van der Waals surface area contributed by atoms with Gasteiger partial charge in [-0.1, -0.05) is 0 Å². The van der Waals surface area contributed by atoms with E-state index in [4.69, 9.17) is 4.74 Å². The molecule has 0 aliphatic carbocycles. The molecule has 0 fully saturated rings. The Morgan fingerprint density at radius 2 is 2.67 bits per heavy atom. The van der Waals surface area contributed by atoms with E-state index >= 15 is 0 Å². The van der Waals surface area contributed by atoms with Gasteiger partial charge in [0.25, 0.3) is 0 Å². The second-order valence-corrected chi connectivity index (χ2v) is 3.79. The molecule has 1 aliphatic rings. The average molecular weight is 188 g/mol. The molecule has 1 aliphatic heterocycles. The van der Waals surface area contributed by atoms with Crippen molar-refractivity contribution in [1.29, 1.82) is 0 Å². The van der Waals surface area contributed by atoms with Gasteiger partial charge < -0.3 is 15.4 Å². The van der Waals surface area contributed by atoms with Crippen LogP contribution in [0.1, 0.15) is 0 Å². The first-order valence-corrected chi connectivity index (χ1v) is 5.19. The van der Waals surface area contributed by atoms with Crippen molar-refractivity contribution in [2.24, 2.45) is 0 Å². The molecule has 0 saturated heterocycles. The zero-order valence-corrected chi connectivity index (χ0v) is 8.25. The first kappa shape index (κ1) is 9.89. The van der Waals surface area contributed by atoms with Gasteiger partial charge in [-0.05, 0) is 7.05 Å². The molecule has 0 amide bonds. The fraction of sp³-hybridized carbons (Fsp3) is 0.750. The van der Waals surface area contributed by atoms with E-state index in [0.29, 0.717) is 0 Å². The van der Waals surface area contributed by atoms with Crippen LogP contribution in [0.15, 0.2) is 11.1 Å². The molecule has 0 spiro atoms. The molecule has 0 aromatic rings. The molecule has 70 valence electrons. The highest BCUT2D eigenvalue weighted by Crippen LogP contribution is 2.16. The minimum Gasteiger partial charge on any atom is -0.389 e. The highest BCUT2D eigenvalue weighted by atomic mass is 32.2. The van der Waals surface area contributed by atoms with Gasteiger partial charge in [0.1, 0.15) is 0 Å². The van der Waals surface area contributed by atoms with Crippen LogP contribution in [0.3, 0.4) is 0 Å². The van der Waals surface area contributed by atoms with E-state index in [9.17, 15) is 0 Å². The fourth-order valence-corrected chi connectivity index (χ4v) is 1.71. The van der Waals surface area contributed by atoms with Crippen LogP contribution in [0, 0.1) is 0 Å². The summed E-state index contributed by atoms with van der Waals surface area (Å²) in [4.78, 5) is 1.30. The van der Waals surface area contributed by atoms with Crippen molar-refractivity contribution < 1.29 is 4.74 Å². The molecule has 2 N–H and O–H groups in total. The lowest BCUT2D eigenvalue weighted by atomic mass is 10.6. The first-order chi connectivity index (χ1) is 5.93. The van der Waals surface area contributed by atoms with Crippen LogP contribution < -0.4 is 10.6 Å². The van der Waals surface area contributed by atoms with Gasteiger partial charge in [0.15, 0.2) is 0 Å². The zero-order valence-electron chi connectivity index (χ0n) is 7.43. The highest BCUT2D eigenvalue weighted by molar-refractivity contribution is 8.03. The highest BCUT2D eigenvalue weighted by Gasteiger charge is 2.02. The summed E-state index contributed by atoms with van der Waals surface area (Å²) in [6, 6.07) is 0. The van der Waals surface area contributed by atoms with E-state index in [2.05, 4.69) is 10.6 Å². The quantitative estimate of drug-likeness (QED) is 0.612. The minimum atomic E-state index is 0.749. The maximum Gasteiger partial charge on any atom is 0.0790 e. The zero-order chi connectivity index (χ0) is 8.65. The molecule has 1 heterocycles. The predicted molar refractivity (Wildman–Crippen MR) is 53.3 cm³/mol. The first-order valence-electron chi connectivity index (χ1n) is 4.21. The summed E-state index contributed by atoms with van der Waals surface area (Å²) >= 11 is 1.87. The molecular formula is C8H16N2OS. The van der Waals surface area contributed by atoms with E-state index in [1.54, 1.807) is 0 Å². The van der Waals surface area contributed by atoms with Crippen LogP contribution in [0.25, 0.3) is 0 Å². The van der Waals surface area contributed by atoms with E-state index < -0.39 is 0 Å². The number of hydrogen-bond donors (Lipinski definition) is 2. The van der Waals surface area contributed by atoms with Crippen LogP contribution in [-0.4, -0.2) is 39.1 Å². The summed E-state index contributed by atoms with van der Waals surface area (Å²) < 4.78 is 5.42. The van der Waals surface area contributed by atoms with Crippen LogP contribution in [-0.2, 0) is 4.74 Å². The summed E-state index contributed by atoms with van der Waals surface area (Å²) in [6.07, 6.45) is 2.05. The molecule has 0 aromatic carbocycles. The SMILES string of the molecule is CNCCOCC1=CNCCS1. The smallest absolute Gasteiger partial charge is 0.0790 e. The van der Waals surface area contributed by atoms with Crippen LogP contribution >= 0.6 is 11.8 Å². The average Bonchev–Trinajstić information content (AvgIpc) is 2.14. The second-order valence-electron chi connectivity index (χ2n) is 2.57. The number of rotatable bonds is 5. The molecule has 3 nitrogen and oxygen atoms in total. The van der Waals surface area contributed by atoms with E-state index in [0.717, 1.165) is 32.1 Å². The van der Waals surface area contributed by atoms with E-state index in [1.807, 2.05) is 25.0 Å². The van der Waals surface area contributed by atoms with Gasteiger partial charge in [-0.2, -0.15) is 0 Å². The lowest BCUT2D eigenvalue weighted by molar-refractivity contribution is 0.163. The maximum atomic E-state index is 5.42. The van der Waals surface area contributed by atoms with Gasteiger partial charge in [-0.25, -0.2) is 0 Å². The van der Waals surface area contributed by atoms with Gasteiger partial charge in [-0.3, -0.25) is 0 Å². The Hall–Kier alpha value is -0.190. The Balaban J connectivity index is 2.01. The third kappa shape index (κ3) is 3.99. The molecular weight excluding hydrogens is 172 g/mol. The van der Waals surface area contributed by atoms with Crippen molar-refractivity contribution in [3.63, 3.8) is 0 Å². The molecule has 0 atom stereocenters. The summed E-state index contributed by atoms with van der Waals surface area (Å²) in [5.41, 5.74) is 0. The van der Waals surface area contributed by atoms with Crippen LogP contribution in [0.5, 0.6) is 0 Å². The van der Waals surface area contributed by atoms with Crippen LogP contribution in [0.4, 0.5) is 0 Å². The third-order valence-corrected chi connectivity index (χ3v) is 2.55. The van der Waals surface area contributed by atoms with Crippen molar-refractivity contribution in [3.8, 4) is 0 Å². The Kier molecular flexibility index (Phi) is 5.23. The largest absolute Gasteiger partial charge is 0.389 e. The van der Waals surface area contributed by atoms with Gasteiger partial charge in [-0.15, -0.1) is 11.8 Å². The third-order valence-electron chi connectivity index (χ3n) is 1.54. The molecule has 0 unspecified atom stereocenters. The second kappa shape index (κ2) is 6.34. The van der Waals surface area contributed by atoms with Crippen molar-refractivity contribution >= 4 is 11.8 Å². The van der Waals surface area contributed by atoms with Crippen LogP contribution in [0.2, 0.25) is 0 Å². The Bertz CT molecular complexity index is 150. The molecule has 0 saturated carbocycles. The summed E-state index contributed by atoms with van der Waals surface area (Å²) in [7, 11) is 1.93. The molecule has 12 heavy (non-hydrogen) atoms. The lowest BCUT2D eigenvalue weighted by Gasteiger charge is -2.13. The summed E-state index contributed by atoms with van der Waals surface area (Å²) in [5, 5.41) is 6.24. The summed E-state index contributed by atoms with van der Waals surface area (Å²) in [5.74, 6) is 1.15. The molecule has 4 heteroatoms. The predicted octanol–water partition coefficient (Wildman–Crippen LogP) is 0.400. The number of hydrogen-bond acceptors (Lipinski definition) is 4. The molecule has 1 rings (SSSR count). The van der Waals surface area contributed by atoms with Gasteiger partial charge >= 0.3 is 0 Å². The van der Waals surface area contributed by atoms with Gasteiger partial charge in [0, 0.05) is 29.9 Å². The fourth-order valence-electron chi connectivity index (χ4n) is 0.899. The number of ether oxygens (including phenoxy) is 1. The van der Waals surface area contributed by atoms with Crippen molar-refractivity contribution in [1.82, 2.24) is 10.6 Å². The minimum absolute atomic E-state index is 0.749. The van der Waals surface area contributed by atoms with Gasteiger partial charge in [0.05, 0.1) is 13.2 Å². The van der Waals surface area contributed by atoms with Gasteiger partial charge in [0.2, 0.25) is 0 Å². The topological polar surface area (TPSA) is 33.3 Å². The maximum absolute atomic E-state index is 5.42. The number of likely N-dealkylation sites (N-methyl/N-ethyl adjacent to an activating group) is 1. The molecule has 0 bridgehead atoms. The van der Waals surface area contributed by atoms with Crippen molar-refractivity contribution in [2.75, 3.05) is 39.1 Å². The molecule has 0 radical (unpaired) electrons. The monoisotopic (exact) mass is 188 g/mol. The lowest BCUT2D eigenvalue weighted by Crippen LogP contribution is -2.18. The van der Waals surface area contributed by atoms with E-state index in [-0.39, 0.29) is 0 Å². The Morgan fingerprint density at radius 3 is 3.33 bits per heavy atom.